The van der Waals surface area contributed by atoms with E-state index in [2.05, 4.69) is 10.3 Å². The number of hydrazine groups is 1. The lowest BCUT2D eigenvalue weighted by Crippen LogP contribution is -2.52. The smallest absolute Gasteiger partial charge is 0.281 e. The maximum Gasteiger partial charge on any atom is 0.281 e. The average Bonchev–Trinajstić information content (AvgIpc) is 3.32. The van der Waals surface area contributed by atoms with Crippen molar-refractivity contribution in [2.24, 2.45) is 5.84 Å². The van der Waals surface area contributed by atoms with Crippen molar-refractivity contribution in [1.82, 2.24) is 15.7 Å². The first-order valence-electron chi connectivity index (χ1n) is 9.62. The first-order chi connectivity index (χ1) is 15.2. The number of anilines is 1. The highest BCUT2D eigenvalue weighted by Crippen LogP contribution is 2.31. The number of H-pyrrole nitrogens is 1. The molecule has 3 amide bonds. The number of rotatable bonds is 5. The molecule has 1 atom stereocenters. The number of hydrogen-bond acceptors (Lipinski definition) is 5. The van der Waals surface area contributed by atoms with Crippen molar-refractivity contribution in [3.8, 4) is 0 Å². The molecule has 0 unspecified atom stereocenters. The fourth-order valence-corrected chi connectivity index (χ4v) is 3.94. The van der Waals surface area contributed by atoms with Gasteiger partial charge in [-0.05, 0) is 48.0 Å². The van der Waals surface area contributed by atoms with Crippen molar-refractivity contribution >= 4 is 45.9 Å². The zero-order chi connectivity index (χ0) is 23.0. The van der Waals surface area contributed by atoms with Gasteiger partial charge in [-0.1, -0.05) is 11.6 Å². The van der Waals surface area contributed by atoms with Gasteiger partial charge >= 0.3 is 0 Å². The number of nitrogen functional groups attached to an aromatic ring is 1. The predicted molar refractivity (Wildman–Crippen MR) is 115 cm³/mol. The Morgan fingerprint density at radius 2 is 2.03 bits per heavy atom. The van der Waals surface area contributed by atoms with Crippen LogP contribution in [0.15, 0.2) is 42.5 Å². The number of amides is 3. The van der Waals surface area contributed by atoms with E-state index in [1.54, 1.807) is 24.3 Å². The molecule has 2 aromatic carbocycles. The van der Waals surface area contributed by atoms with E-state index in [1.807, 2.05) is 5.43 Å². The van der Waals surface area contributed by atoms with Crippen LogP contribution < -0.4 is 21.5 Å². The second-order valence-corrected chi connectivity index (χ2v) is 7.89. The zero-order valence-corrected chi connectivity index (χ0v) is 17.4. The van der Waals surface area contributed by atoms with E-state index in [-0.39, 0.29) is 30.2 Å². The molecule has 166 valence electrons. The highest BCUT2D eigenvalue weighted by molar-refractivity contribution is 6.30. The number of nitrogens with one attached hydrogen (secondary N) is 3. The van der Waals surface area contributed by atoms with Gasteiger partial charge in [0.15, 0.2) is 0 Å². The van der Waals surface area contributed by atoms with E-state index in [0.29, 0.717) is 22.2 Å². The summed E-state index contributed by atoms with van der Waals surface area (Å²) in [5.41, 5.74) is 1.53. The molecule has 2 heterocycles. The standard InChI is InChI=1S/C21H19ClFN5O4/c22-13-5-11(6-14(23)9-13)10-25-19(30)21(32)3-4-28(20(21)31)15-1-2-16-12(7-15)8-17(26-16)18(29)27-24/h1-2,5-9,26,32H,3-4,10,24H2,(H,25,30)(H,27,29)/t21-/m0/s1. The summed E-state index contributed by atoms with van der Waals surface area (Å²) >= 11 is 5.81. The molecule has 1 saturated heterocycles. The van der Waals surface area contributed by atoms with E-state index in [0.717, 1.165) is 6.07 Å². The molecule has 1 aliphatic heterocycles. The van der Waals surface area contributed by atoms with Crippen LogP contribution in [0.5, 0.6) is 0 Å². The second-order valence-electron chi connectivity index (χ2n) is 7.46. The monoisotopic (exact) mass is 459 g/mol. The number of carbonyl (C=O) groups is 3. The SMILES string of the molecule is NNC(=O)c1cc2cc(N3CC[C@](O)(C(=O)NCc4cc(F)cc(Cl)c4)C3=O)ccc2[nH]1. The van der Waals surface area contributed by atoms with Crippen molar-refractivity contribution in [3.05, 3.63) is 64.6 Å². The number of halogens is 2. The molecule has 0 radical (unpaired) electrons. The lowest BCUT2D eigenvalue weighted by molar-refractivity contribution is -0.149. The third-order valence-electron chi connectivity index (χ3n) is 5.34. The topological polar surface area (TPSA) is 141 Å². The summed E-state index contributed by atoms with van der Waals surface area (Å²) in [4.78, 5) is 41.5. The molecule has 0 saturated carbocycles. The number of aromatic nitrogens is 1. The molecule has 4 rings (SSSR count). The molecule has 32 heavy (non-hydrogen) atoms. The molecular weight excluding hydrogens is 441 g/mol. The molecule has 6 N–H and O–H groups in total. The van der Waals surface area contributed by atoms with Crippen molar-refractivity contribution in [3.63, 3.8) is 0 Å². The number of benzene rings is 2. The summed E-state index contributed by atoms with van der Waals surface area (Å²) in [6.07, 6.45) is -0.117. The van der Waals surface area contributed by atoms with Crippen LogP contribution in [-0.4, -0.2) is 40.0 Å². The van der Waals surface area contributed by atoms with Crippen LogP contribution in [0.3, 0.4) is 0 Å². The van der Waals surface area contributed by atoms with E-state index in [4.69, 9.17) is 17.4 Å². The Balaban J connectivity index is 1.50. The fraction of sp³-hybridized carbons (Fsp3) is 0.190. The normalized spacial score (nSPS) is 18.2. The van der Waals surface area contributed by atoms with Gasteiger partial charge in [0.1, 0.15) is 11.5 Å². The van der Waals surface area contributed by atoms with Crippen molar-refractivity contribution in [1.29, 1.82) is 0 Å². The Bertz CT molecular complexity index is 1230. The van der Waals surface area contributed by atoms with Crippen LogP contribution in [0.4, 0.5) is 10.1 Å². The van der Waals surface area contributed by atoms with Crippen LogP contribution in [0.2, 0.25) is 5.02 Å². The van der Waals surface area contributed by atoms with Gasteiger partial charge in [0, 0.05) is 41.1 Å². The molecule has 0 aliphatic carbocycles. The Kier molecular flexibility index (Phi) is 5.59. The summed E-state index contributed by atoms with van der Waals surface area (Å²) in [5, 5.41) is 14.1. The fourth-order valence-electron chi connectivity index (χ4n) is 3.69. The lowest BCUT2D eigenvalue weighted by atomic mass is 10.0. The maximum atomic E-state index is 13.5. The summed E-state index contributed by atoms with van der Waals surface area (Å²) in [5.74, 6) is 2.44. The molecule has 3 aromatic rings. The van der Waals surface area contributed by atoms with Crippen LogP contribution >= 0.6 is 11.6 Å². The maximum absolute atomic E-state index is 13.5. The van der Waals surface area contributed by atoms with E-state index in [9.17, 15) is 23.9 Å². The van der Waals surface area contributed by atoms with Gasteiger partial charge < -0.3 is 20.3 Å². The van der Waals surface area contributed by atoms with Gasteiger partial charge in [-0.25, -0.2) is 10.2 Å². The zero-order valence-electron chi connectivity index (χ0n) is 16.6. The van der Waals surface area contributed by atoms with E-state index in [1.165, 1.54) is 17.0 Å². The number of fused-ring (bicyclic) bond motifs is 1. The molecule has 0 spiro atoms. The van der Waals surface area contributed by atoms with Crippen LogP contribution in [0.1, 0.15) is 22.5 Å². The molecule has 11 heteroatoms. The van der Waals surface area contributed by atoms with Gasteiger partial charge in [-0.2, -0.15) is 0 Å². The van der Waals surface area contributed by atoms with Gasteiger partial charge in [-0.3, -0.25) is 19.8 Å². The quantitative estimate of drug-likeness (QED) is 0.169. The Morgan fingerprint density at radius 3 is 2.75 bits per heavy atom. The minimum absolute atomic E-state index is 0.104. The molecule has 9 nitrogen and oxygen atoms in total. The van der Waals surface area contributed by atoms with Gasteiger partial charge in [0.2, 0.25) is 5.60 Å². The Hall–Kier alpha value is -3.47. The highest BCUT2D eigenvalue weighted by atomic mass is 35.5. The van der Waals surface area contributed by atoms with Crippen molar-refractivity contribution in [2.75, 3.05) is 11.4 Å². The van der Waals surface area contributed by atoms with E-state index >= 15 is 0 Å². The first-order valence-corrected chi connectivity index (χ1v) is 10.0. The molecule has 1 aromatic heterocycles. The Labute approximate surface area is 186 Å². The largest absolute Gasteiger partial charge is 0.372 e. The highest BCUT2D eigenvalue weighted by Gasteiger charge is 2.51. The predicted octanol–water partition coefficient (Wildman–Crippen LogP) is 1.35. The number of aromatic amines is 1. The third-order valence-corrected chi connectivity index (χ3v) is 5.56. The number of carbonyl (C=O) groups excluding carboxylic acids is 3. The number of nitrogens with zero attached hydrogens (tertiary/aromatic N) is 1. The molecule has 0 bridgehead atoms. The molecule has 1 aliphatic rings. The molecule has 1 fully saturated rings. The number of aliphatic hydroxyl groups is 1. The van der Waals surface area contributed by atoms with Gasteiger partial charge in [0.05, 0.1) is 0 Å². The van der Waals surface area contributed by atoms with Crippen molar-refractivity contribution in [2.45, 2.75) is 18.6 Å². The minimum atomic E-state index is -2.26. The van der Waals surface area contributed by atoms with Gasteiger partial charge in [-0.15, -0.1) is 0 Å². The Morgan fingerprint density at radius 1 is 1.25 bits per heavy atom. The first kappa shape index (κ1) is 21.8. The number of nitrogens with two attached hydrogens (primary N) is 1. The number of hydrogen-bond donors (Lipinski definition) is 5. The summed E-state index contributed by atoms with van der Waals surface area (Å²) in [7, 11) is 0. The van der Waals surface area contributed by atoms with Crippen LogP contribution in [0, 0.1) is 5.82 Å². The van der Waals surface area contributed by atoms with Gasteiger partial charge in [0.25, 0.3) is 17.7 Å². The summed E-state index contributed by atoms with van der Waals surface area (Å²) in [6.45, 7) is 0.00775. The summed E-state index contributed by atoms with van der Waals surface area (Å²) < 4.78 is 13.5. The van der Waals surface area contributed by atoms with E-state index < -0.39 is 29.1 Å². The van der Waals surface area contributed by atoms with Crippen LogP contribution in [0.25, 0.3) is 10.9 Å². The lowest BCUT2D eigenvalue weighted by Gasteiger charge is -2.22. The van der Waals surface area contributed by atoms with Crippen LogP contribution in [-0.2, 0) is 16.1 Å². The second kappa shape index (κ2) is 8.23. The molecular formula is C21H19ClFN5O4. The minimum Gasteiger partial charge on any atom is -0.372 e. The third kappa shape index (κ3) is 3.91. The van der Waals surface area contributed by atoms with Crippen molar-refractivity contribution < 1.29 is 23.9 Å². The average molecular weight is 460 g/mol. The summed E-state index contributed by atoms with van der Waals surface area (Å²) in [6, 6.07) is 10.4.